The van der Waals surface area contributed by atoms with Crippen LogP contribution in [0.3, 0.4) is 0 Å². The molecule has 25 heavy (non-hydrogen) atoms. The highest BCUT2D eigenvalue weighted by atomic mass is 32.1. The van der Waals surface area contributed by atoms with E-state index in [0.717, 1.165) is 43.8 Å². The number of nitrogens with two attached hydrogens (primary N) is 1. The molecule has 138 valence electrons. The molecule has 0 atom stereocenters. The zero-order chi connectivity index (χ0) is 17.2. The van der Waals surface area contributed by atoms with Crippen LogP contribution in [0.1, 0.15) is 30.0 Å². The number of thiazole rings is 1. The smallest absolute Gasteiger partial charge is 0.150 e. The summed E-state index contributed by atoms with van der Waals surface area (Å²) in [5.41, 5.74) is 6.82. The Morgan fingerprint density at radius 1 is 1.16 bits per heavy atom. The molecule has 0 saturated carbocycles. The van der Waals surface area contributed by atoms with Crippen molar-refractivity contribution < 1.29 is 4.74 Å². The minimum absolute atomic E-state index is 0.444. The minimum atomic E-state index is 0.444. The van der Waals surface area contributed by atoms with Crippen molar-refractivity contribution in [3.05, 3.63) is 10.7 Å². The summed E-state index contributed by atoms with van der Waals surface area (Å²) in [6.07, 6.45) is 3.89. The number of likely N-dealkylation sites (tertiary alicyclic amines) is 2. The quantitative estimate of drug-likeness (QED) is 0.614. The molecular weight excluding hydrogens is 336 g/mol. The van der Waals surface area contributed by atoms with Crippen molar-refractivity contribution in [1.29, 1.82) is 5.41 Å². The van der Waals surface area contributed by atoms with E-state index in [0.29, 0.717) is 29.7 Å². The van der Waals surface area contributed by atoms with Gasteiger partial charge in [0.2, 0.25) is 0 Å². The van der Waals surface area contributed by atoms with Gasteiger partial charge in [0, 0.05) is 32.2 Å². The number of aromatic nitrogens is 1. The van der Waals surface area contributed by atoms with Crippen molar-refractivity contribution in [1.82, 2.24) is 19.7 Å². The number of nitrogens with zero attached hydrogens (tertiary/aromatic N) is 4. The molecule has 0 radical (unpaired) electrons. The average Bonchev–Trinajstić information content (AvgIpc) is 2.95. The molecule has 8 heteroatoms. The first kappa shape index (κ1) is 17.2. The Kier molecular flexibility index (Phi) is 5.21. The fraction of sp³-hybridized carbons (Fsp3) is 0.765. The van der Waals surface area contributed by atoms with Gasteiger partial charge in [-0.15, -0.1) is 0 Å². The largest absolute Gasteiger partial charge is 0.389 e. The maximum atomic E-state index is 8.41. The van der Waals surface area contributed by atoms with E-state index in [4.69, 9.17) is 20.9 Å². The Labute approximate surface area is 153 Å². The van der Waals surface area contributed by atoms with Crippen molar-refractivity contribution in [2.75, 3.05) is 58.2 Å². The van der Waals surface area contributed by atoms with Crippen molar-refractivity contribution >= 4 is 22.2 Å². The predicted molar refractivity (Wildman–Crippen MR) is 100 cm³/mol. The van der Waals surface area contributed by atoms with Gasteiger partial charge in [-0.1, -0.05) is 11.3 Å². The number of nitrogen functional groups attached to an aromatic ring is 1. The van der Waals surface area contributed by atoms with E-state index >= 15 is 0 Å². The lowest BCUT2D eigenvalue weighted by Crippen LogP contribution is -2.50. The summed E-state index contributed by atoms with van der Waals surface area (Å²) in [5, 5.41) is 10.1. The van der Waals surface area contributed by atoms with Gasteiger partial charge in [0.05, 0.1) is 19.8 Å². The van der Waals surface area contributed by atoms with Crippen molar-refractivity contribution in [2.24, 2.45) is 0 Å². The fourth-order valence-electron chi connectivity index (χ4n) is 3.89. The zero-order valence-corrected chi connectivity index (χ0v) is 15.6. The number of amidine groups is 1. The SMILES string of the molecule is N=C(c1nc(CN2CCC(N3CCC3)CC2)sc1N)N1CCOCC1. The lowest BCUT2D eigenvalue weighted by atomic mass is 10.00. The van der Waals surface area contributed by atoms with Gasteiger partial charge >= 0.3 is 0 Å². The van der Waals surface area contributed by atoms with Crippen LogP contribution in [-0.2, 0) is 11.3 Å². The Balaban J connectivity index is 1.33. The fourth-order valence-corrected chi connectivity index (χ4v) is 4.77. The number of anilines is 1. The third-order valence-corrected chi connectivity index (χ3v) is 6.44. The molecule has 4 heterocycles. The predicted octanol–water partition coefficient (Wildman–Crippen LogP) is 1.05. The summed E-state index contributed by atoms with van der Waals surface area (Å²) >= 11 is 1.54. The maximum Gasteiger partial charge on any atom is 0.150 e. The van der Waals surface area contributed by atoms with Crippen molar-refractivity contribution in [3.63, 3.8) is 0 Å². The van der Waals surface area contributed by atoms with E-state index in [1.807, 2.05) is 4.90 Å². The molecule has 1 aromatic heterocycles. The van der Waals surface area contributed by atoms with Crippen LogP contribution < -0.4 is 5.73 Å². The molecule has 3 saturated heterocycles. The lowest BCUT2D eigenvalue weighted by Gasteiger charge is -2.42. The second kappa shape index (κ2) is 7.57. The molecule has 4 rings (SSSR count). The third kappa shape index (κ3) is 3.81. The molecule has 0 bridgehead atoms. The topological polar surface area (TPSA) is 81.7 Å². The molecule has 3 fully saturated rings. The van der Waals surface area contributed by atoms with Crippen LogP contribution in [-0.4, -0.2) is 84.0 Å². The van der Waals surface area contributed by atoms with Gasteiger partial charge in [0.25, 0.3) is 0 Å². The average molecular weight is 365 g/mol. The number of nitrogens with one attached hydrogen (secondary N) is 1. The molecule has 1 aromatic rings. The highest BCUT2D eigenvalue weighted by Crippen LogP contribution is 2.26. The van der Waals surface area contributed by atoms with E-state index < -0.39 is 0 Å². The Morgan fingerprint density at radius 2 is 1.88 bits per heavy atom. The third-order valence-electron chi connectivity index (χ3n) is 5.57. The van der Waals surface area contributed by atoms with Crippen LogP contribution in [0.5, 0.6) is 0 Å². The van der Waals surface area contributed by atoms with Crippen LogP contribution in [0.2, 0.25) is 0 Å². The highest BCUT2D eigenvalue weighted by Gasteiger charge is 2.28. The van der Waals surface area contributed by atoms with Gasteiger partial charge in [-0.05, 0) is 32.4 Å². The molecule has 0 unspecified atom stereocenters. The molecule has 0 aliphatic carbocycles. The second-order valence-corrected chi connectivity index (χ2v) is 8.28. The van der Waals surface area contributed by atoms with E-state index in [1.165, 1.54) is 43.7 Å². The van der Waals surface area contributed by atoms with Crippen molar-refractivity contribution in [3.8, 4) is 0 Å². The van der Waals surface area contributed by atoms with E-state index in [1.54, 1.807) is 0 Å². The Hall–Kier alpha value is -1.22. The first-order valence-corrected chi connectivity index (χ1v) is 10.2. The molecule has 3 aliphatic rings. The number of hydrogen-bond acceptors (Lipinski definition) is 7. The summed E-state index contributed by atoms with van der Waals surface area (Å²) in [5.74, 6) is 0.444. The Morgan fingerprint density at radius 3 is 2.52 bits per heavy atom. The highest BCUT2D eigenvalue weighted by molar-refractivity contribution is 7.15. The van der Waals surface area contributed by atoms with Gasteiger partial charge in [0.15, 0.2) is 0 Å². The standard InChI is InChI=1S/C17H28N6OS/c18-16(23-8-10-24-11-9-23)15-17(19)25-14(20-15)12-21-6-2-13(3-7-21)22-4-1-5-22/h13,18H,1-12,19H2. The number of morpholine rings is 1. The van der Waals surface area contributed by atoms with Crippen LogP contribution in [0.4, 0.5) is 5.00 Å². The van der Waals surface area contributed by atoms with Crippen LogP contribution >= 0.6 is 11.3 Å². The summed E-state index contributed by atoms with van der Waals surface area (Å²) in [7, 11) is 0. The molecule has 3 N–H and O–H groups in total. The molecule has 0 aromatic carbocycles. The van der Waals surface area contributed by atoms with Gasteiger partial charge in [-0.2, -0.15) is 0 Å². The molecular formula is C17H28N6OS. The number of piperidine rings is 1. The second-order valence-electron chi connectivity index (χ2n) is 7.17. The molecule has 0 amide bonds. The van der Waals surface area contributed by atoms with Crippen LogP contribution in [0.25, 0.3) is 0 Å². The van der Waals surface area contributed by atoms with Gasteiger partial charge in [-0.3, -0.25) is 10.3 Å². The summed E-state index contributed by atoms with van der Waals surface area (Å²) < 4.78 is 5.36. The van der Waals surface area contributed by atoms with Crippen molar-refractivity contribution in [2.45, 2.75) is 31.8 Å². The summed E-state index contributed by atoms with van der Waals surface area (Å²) in [4.78, 5) is 11.8. The Bertz CT molecular complexity index is 602. The maximum absolute atomic E-state index is 8.41. The number of rotatable bonds is 4. The number of hydrogen-bond donors (Lipinski definition) is 2. The summed E-state index contributed by atoms with van der Waals surface area (Å²) in [6, 6.07) is 0.788. The van der Waals surface area contributed by atoms with Gasteiger partial charge in [-0.25, -0.2) is 4.98 Å². The molecule has 0 spiro atoms. The normalized spacial score (nSPS) is 23.6. The van der Waals surface area contributed by atoms with Gasteiger partial charge < -0.3 is 20.3 Å². The van der Waals surface area contributed by atoms with Crippen LogP contribution in [0.15, 0.2) is 0 Å². The summed E-state index contributed by atoms with van der Waals surface area (Å²) in [6.45, 7) is 8.55. The van der Waals surface area contributed by atoms with E-state index in [9.17, 15) is 0 Å². The molecule has 7 nitrogen and oxygen atoms in total. The van der Waals surface area contributed by atoms with Gasteiger partial charge in [0.1, 0.15) is 21.5 Å². The lowest BCUT2D eigenvalue weighted by molar-refractivity contribution is 0.0612. The molecule has 3 aliphatic heterocycles. The number of ether oxygens (including phenoxy) is 1. The van der Waals surface area contributed by atoms with E-state index in [-0.39, 0.29) is 0 Å². The monoisotopic (exact) mass is 364 g/mol. The minimum Gasteiger partial charge on any atom is -0.389 e. The first-order valence-electron chi connectivity index (χ1n) is 9.34. The zero-order valence-electron chi connectivity index (χ0n) is 14.7. The first-order chi connectivity index (χ1) is 12.2. The van der Waals surface area contributed by atoms with E-state index in [2.05, 4.69) is 9.80 Å². The van der Waals surface area contributed by atoms with Crippen LogP contribution in [0, 0.1) is 5.41 Å².